The van der Waals surface area contributed by atoms with E-state index in [1.165, 1.54) is 0 Å². The highest BCUT2D eigenvalue weighted by Crippen LogP contribution is 2.53. The van der Waals surface area contributed by atoms with Gasteiger partial charge in [0.25, 0.3) is 5.69 Å². The summed E-state index contributed by atoms with van der Waals surface area (Å²) in [7, 11) is 0. The van der Waals surface area contributed by atoms with Crippen molar-refractivity contribution in [3.05, 3.63) is 81.4 Å². The zero-order valence-corrected chi connectivity index (χ0v) is 20.5. The highest BCUT2D eigenvalue weighted by Gasteiger charge is 2.42. The van der Waals surface area contributed by atoms with Gasteiger partial charge in [0.1, 0.15) is 0 Å². The molecule has 6 rings (SSSR count). The summed E-state index contributed by atoms with van der Waals surface area (Å²) in [5.41, 5.74) is 5.39. The first-order valence-electron chi connectivity index (χ1n) is 12.5. The minimum absolute atomic E-state index is 0.0267. The molecule has 0 amide bonds. The summed E-state index contributed by atoms with van der Waals surface area (Å²) in [5, 5.41) is 17.7. The molecule has 0 bridgehead atoms. The molecule has 3 aliphatic rings. The molecule has 3 aromatic rings. The first-order valence-corrected chi connectivity index (χ1v) is 12.5. The minimum atomic E-state index is -0.463. The molecule has 7 nitrogen and oxygen atoms in total. The van der Waals surface area contributed by atoms with Crippen molar-refractivity contribution in [1.29, 1.82) is 0 Å². The average Bonchev–Trinajstić information content (AvgIpc) is 2.87. The topological polar surface area (TPSA) is 84.7 Å². The Labute approximate surface area is 209 Å². The molecule has 1 aliphatic carbocycles. The van der Waals surface area contributed by atoms with E-state index in [0.29, 0.717) is 32.7 Å². The van der Waals surface area contributed by atoms with Gasteiger partial charge < -0.3 is 15.0 Å². The fourth-order valence-corrected chi connectivity index (χ4v) is 6.05. The van der Waals surface area contributed by atoms with E-state index in [2.05, 4.69) is 48.3 Å². The highest BCUT2D eigenvalue weighted by atomic mass is 16.6. The fourth-order valence-electron chi connectivity index (χ4n) is 6.05. The Hall–Kier alpha value is -3.71. The number of nitrogens with one attached hydrogen (secondary N) is 1. The molecule has 2 heterocycles. The molecule has 0 saturated carbocycles. The van der Waals surface area contributed by atoms with Gasteiger partial charge in [0.15, 0.2) is 5.78 Å². The molecule has 7 heteroatoms. The maximum absolute atomic E-state index is 13.8. The molecular weight excluding hydrogens is 454 g/mol. The van der Waals surface area contributed by atoms with Gasteiger partial charge in [-0.05, 0) is 40.3 Å². The molecule has 3 aromatic carbocycles. The van der Waals surface area contributed by atoms with Gasteiger partial charge in [-0.2, -0.15) is 0 Å². The number of anilines is 2. The number of fused-ring (bicyclic) bond motifs is 4. The maximum atomic E-state index is 13.8. The normalized spacial score (nSPS) is 21.1. The molecule has 1 N–H and O–H groups in total. The maximum Gasteiger partial charge on any atom is 0.269 e. The zero-order chi connectivity index (χ0) is 25.0. The van der Waals surface area contributed by atoms with Crippen molar-refractivity contribution in [3.63, 3.8) is 0 Å². The Morgan fingerprint density at radius 1 is 1.06 bits per heavy atom. The Bertz CT molecular complexity index is 1440. The van der Waals surface area contributed by atoms with E-state index in [4.69, 9.17) is 4.74 Å². The predicted molar refractivity (Wildman–Crippen MR) is 141 cm³/mol. The molecule has 0 radical (unpaired) electrons. The lowest BCUT2D eigenvalue weighted by atomic mass is 9.67. The van der Waals surface area contributed by atoms with Crippen molar-refractivity contribution in [2.24, 2.45) is 5.41 Å². The van der Waals surface area contributed by atoms with Crippen LogP contribution < -0.4 is 10.2 Å². The smallest absolute Gasteiger partial charge is 0.269 e. The van der Waals surface area contributed by atoms with E-state index in [0.717, 1.165) is 50.8 Å². The number of hydrogen-bond donors (Lipinski definition) is 1. The predicted octanol–water partition coefficient (Wildman–Crippen LogP) is 5.89. The van der Waals surface area contributed by atoms with Gasteiger partial charge in [-0.1, -0.05) is 44.2 Å². The lowest BCUT2D eigenvalue weighted by molar-refractivity contribution is -0.384. The third-order valence-electron chi connectivity index (χ3n) is 7.62. The minimum Gasteiger partial charge on any atom is -0.378 e. The first-order chi connectivity index (χ1) is 17.3. The lowest BCUT2D eigenvalue weighted by Gasteiger charge is -2.41. The number of ether oxygens (including phenoxy) is 1. The van der Waals surface area contributed by atoms with Gasteiger partial charge in [-0.3, -0.25) is 14.9 Å². The molecule has 1 atom stereocenters. The summed E-state index contributed by atoms with van der Waals surface area (Å²) in [5.74, 6) is 0.108. The van der Waals surface area contributed by atoms with Crippen LogP contribution in [0, 0.1) is 15.5 Å². The van der Waals surface area contributed by atoms with Crippen molar-refractivity contribution in [2.45, 2.75) is 32.7 Å². The molecule has 2 aliphatic heterocycles. The van der Waals surface area contributed by atoms with Crippen molar-refractivity contribution >= 4 is 39.2 Å². The largest absolute Gasteiger partial charge is 0.378 e. The number of allylic oxidation sites excluding steroid dienone is 1. The van der Waals surface area contributed by atoms with Gasteiger partial charge >= 0.3 is 0 Å². The van der Waals surface area contributed by atoms with Crippen LogP contribution in [0.25, 0.3) is 16.3 Å². The molecular formula is C29H29N3O4. The second kappa shape index (κ2) is 8.45. The molecule has 0 unspecified atom stereocenters. The SMILES string of the molecule is CC1(C)CC(=O)C2=C(C1)c1c(ccc3ccccc13)N[C@H]2c1cc([N+](=O)[O-])ccc1N1CCOCC1. The van der Waals surface area contributed by atoms with Crippen LogP contribution in [0.1, 0.15) is 43.9 Å². The van der Waals surface area contributed by atoms with Crippen molar-refractivity contribution in [1.82, 2.24) is 0 Å². The molecule has 36 heavy (non-hydrogen) atoms. The monoisotopic (exact) mass is 483 g/mol. The van der Waals surface area contributed by atoms with Gasteiger partial charge in [0.05, 0.1) is 24.2 Å². The lowest BCUT2D eigenvalue weighted by Crippen LogP contribution is -2.38. The number of ketones is 1. The van der Waals surface area contributed by atoms with Crippen LogP contribution in [0.5, 0.6) is 0 Å². The highest BCUT2D eigenvalue weighted by molar-refractivity contribution is 6.13. The Morgan fingerprint density at radius 2 is 1.83 bits per heavy atom. The number of carbonyl (C=O) groups is 1. The summed E-state index contributed by atoms with van der Waals surface area (Å²) >= 11 is 0. The van der Waals surface area contributed by atoms with Crippen LogP contribution in [-0.2, 0) is 9.53 Å². The number of nitro benzene ring substituents is 1. The summed E-state index contributed by atoms with van der Waals surface area (Å²) < 4.78 is 5.55. The third-order valence-corrected chi connectivity index (χ3v) is 7.62. The van der Waals surface area contributed by atoms with Crippen LogP contribution in [0.3, 0.4) is 0 Å². The summed E-state index contributed by atoms with van der Waals surface area (Å²) in [6.45, 7) is 6.89. The second-order valence-electron chi connectivity index (χ2n) is 10.7. The van der Waals surface area contributed by atoms with E-state index in [9.17, 15) is 14.9 Å². The molecule has 0 aromatic heterocycles. The number of rotatable bonds is 3. The van der Waals surface area contributed by atoms with Crippen molar-refractivity contribution in [3.8, 4) is 0 Å². The van der Waals surface area contributed by atoms with E-state index in [-0.39, 0.29) is 21.8 Å². The van der Waals surface area contributed by atoms with Crippen LogP contribution in [0.15, 0.2) is 60.2 Å². The number of hydrogen-bond acceptors (Lipinski definition) is 6. The fraction of sp³-hybridized carbons (Fsp3) is 0.345. The van der Waals surface area contributed by atoms with Crippen molar-refractivity contribution in [2.75, 3.05) is 36.5 Å². The average molecular weight is 484 g/mol. The molecule has 0 spiro atoms. The van der Waals surface area contributed by atoms with Gasteiger partial charge in [-0.15, -0.1) is 0 Å². The summed E-state index contributed by atoms with van der Waals surface area (Å²) in [6, 6.07) is 17.0. The zero-order valence-electron chi connectivity index (χ0n) is 20.5. The van der Waals surface area contributed by atoms with Crippen LogP contribution in [0.4, 0.5) is 17.1 Å². The number of non-ortho nitro benzene ring substituents is 1. The Kier molecular flexibility index (Phi) is 5.34. The van der Waals surface area contributed by atoms with Crippen LogP contribution in [-0.4, -0.2) is 37.0 Å². The Balaban J connectivity index is 1.60. The molecule has 1 fully saturated rings. The first kappa shape index (κ1) is 22.7. The summed E-state index contributed by atoms with van der Waals surface area (Å²) in [6.07, 6.45) is 1.22. The number of nitrogens with zero attached hydrogens (tertiary/aromatic N) is 2. The standard InChI is InChI=1S/C29H29N3O4/c1-29(2)16-22-26-20-6-4-3-5-18(20)7-9-23(26)30-28(27(22)25(33)17-29)21-15-19(32(34)35)8-10-24(21)31-11-13-36-14-12-31/h3-10,15,28,30H,11-14,16-17H2,1-2H3/t28-/m0/s1. The van der Waals surface area contributed by atoms with Gasteiger partial charge in [0, 0.05) is 59.7 Å². The number of benzene rings is 3. The summed E-state index contributed by atoms with van der Waals surface area (Å²) in [4.78, 5) is 27.4. The quantitative estimate of drug-likeness (QED) is 0.369. The van der Waals surface area contributed by atoms with Crippen LogP contribution in [0.2, 0.25) is 0 Å². The van der Waals surface area contributed by atoms with Gasteiger partial charge in [0.2, 0.25) is 0 Å². The van der Waals surface area contributed by atoms with E-state index >= 15 is 0 Å². The van der Waals surface area contributed by atoms with Crippen LogP contribution >= 0.6 is 0 Å². The number of Topliss-reactive ketones (excluding diaryl/α,β-unsaturated/α-hetero) is 1. The van der Waals surface area contributed by atoms with Crippen molar-refractivity contribution < 1.29 is 14.5 Å². The van der Waals surface area contributed by atoms with Gasteiger partial charge in [-0.25, -0.2) is 0 Å². The second-order valence-corrected chi connectivity index (χ2v) is 10.7. The number of nitro groups is 1. The Morgan fingerprint density at radius 3 is 2.61 bits per heavy atom. The third kappa shape index (κ3) is 3.75. The molecule has 184 valence electrons. The molecule has 1 saturated heterocycles. The van der Waals surface area contributed by atoms with E-state index in [1.807, 2.05) is 18.2 Å². The number of carbonyl (C=O) groups excluding carboxylic acids is 1. The van der Waals surface area contributed by atoms with E-state index < -0.39 is 6.04 Å². The van der Waals surface area contributed by atoms with E-state index in [1.54, 1.807) is 12.1 Å². The number of morpholine rings is 1.